The maximum absolute atomic E-state index is 12.2. The van der Waals surface area contributed by atoms with Crippen LogP contribution in [-0.4, -0.2) is 50.5 Å². The fourth-order valence-corrected chi connectivity index (χ4v) is 3.97. The second-order valence-electron chi connectivity index (χ2n) is 6.64. The zero-order chi connectivity index (χ0) is 19.1. The minimum absolute atomic E-state index is 0.0895. The molecule has 1 atom stereocenters. The van der Waals surface area contributed by atoms with Gasteiger partial charge in [0.25, 0.3) is 0 Å². The highest BCUT2D eigenvalue weighted by Gasteiger charge is 2.22. The van der Waals surface area contributed by atoms with E-state index in [2.05, 4.69) is 43.0 Å². The van der Waals surface area contributed by atoms with Crippen LogP contribution in [0.15, 0.2) is 35.5 Å². The largest absolute Gasteiger partial charge is 0.344 e. The van der Waals surface area contributed by atoms with Crippen LogP contribution in [0.3, 0.4) is 0 Å². The third kappa shape index (κ3) is 5.34. The van der Waals surface area contributed by atoms with Gasteiger partial charge < -0.3 is 9.88 Å². The Labute approximate surface area is 164 Å². The molecule has 0 saturated carbocycles. The standard InChI is InChI=1S/C20H25N5OS/c1-3-11-21-19(26)16(2)27-20-23-22-18(15-24-12-7-8-13-24)25(20)14-17-9-5-4-6-10-17/h1,4-6,9-10,16H,7-8,11-15H2,2H3,(H,21,26). The third-order valence-corrected chi connectivity index (χ3v) is 5.64. The molecule has 6 nitrogen and oxygen atoms in total. The van der Waals surface area contributed by atoms with Crippen molar-refractivity contribution in [2.75, 3.05) is 19.6 Å². The van der Waals surface area contributed by atoms with E-state index in [-0.39, 0.29) is 17.7 Å². The zero-order valence-corrected chi connectivity index (χ0v) is 16.4. The van der Waals surface area contributed by atoms with Crippen molar-refractivity contribution in [3.8, 4) is 12.3 Å². The molecule has 142 valence electrons. The van der Waals surface area contributed by atoms with Crippen molar-refractivity contribution in [2.45, 2.75) is 43.3 Å². The summed E-state index contributed by atoms with van der Waals surface area (Å²) in [5, 5.41) is 12.0. The molecule has 0 bridgehead atoms. The number of rotatable bonds is 8. The summed E-state index contributed by atoms with van der Waals surface area (Å²) in [6.07, 6.45) is 7.69. The number of thioether (sulfide) groups is 1. The number of nitrogens with one attached hydrogen (secondary N) is 1. The van der Waals surface area contributed by atoms with Gasteiger partial charge in [-0.15, -0.1) is 16.6 Å². The first-order chi connectivity index (χ1) is 13.2. The second kappa shape index (κ2) is 9.58. The molecule has 0 spiro atoms. The molecule has 0 aliphatic carbocycles. The van der Waals surface area contributed by atoms with E-state index in [0.29, 0.717) is 6.54 Å². The molecule has 1 unspecified atom stereocenters. The van der Waals surface area contributed by atoms with E-state index >= 15 is 0 Å². The predicted molar refractivity (Wildman–Crippen MR) is 107 cm³/mol. The minimum Gasteiger partial charge on any atom is -0.344 e. The van der Waals surface area contributed by atoms with Gasteiger partial charge in [-0.05, 0) is 38.4 Å². The number of aromatic nitrogens is 3. The average Bonchev–Trinajstić information content (AvgIpc) is 3.32. The lowest BCUT2D eigenvalue weighted by molar-refractivity contribution is -0.120. The Kier molecular flexibility index (Phi) is 6.91. The Hall–Kier alpha value is -2.30. The fraction of sp³-hybridized carbons (Fsp3) is 0.450. The van der Waals surface area contributed by atoms with Crippen molar-refractivity contribution in [3.05, 3.63) is 41.7 Å². The van der Waals surface area contributed by atoms with Gasteiger partial charge in [0.15, 0.2) is 5.16 Å². The van der Waals surface area contributed by atoms with Gasteiger partial charge in [0, 0.05) is 0 Å². The first-order valence-electron chi connectivity index (χ1n) is 9.23. The van der Waals surface area contributed by atoms with E-state index in [9.17, 15) is 4.79 Å². The lowest BCUT2D eigenvalue weighted by Gasteiger charge is -2.17. The SMILES string of the molecule is C#CCNC(=O)C(C)Sc1nnc(CN2CCCC2)n1Cc1ccccc1. The lowest BCUT2D eigenvalue weighted by Crippen LogP contribution is -2.31. The molecule has 1 aliphatic rings. The molecular formula is C20H25N5OS. The van der Waals surface area contributed by atoms with Crippen molar-refractivity contribution < 1.29 is 4.79 Å². The summed E-state index contributed by atoms with van der Waals surface area (Å²) in [7, 11) is 0. The number of hydrogen-bond acceptors (Lipinski definition) is 5. The van der Waals surface area contributed by atoms with Gasteiger partial charge >= 0.3 is 0 Å². The van der Waals surface area contributed by atoms with E-state index in [0.717, 1.165) is 30.6 Å². The summed E-state index contributed by atoms with van der Waals surface area (Å²) in [5.74, 6) is 3.28. The van der Waals surface area contributed by atoms with Crippen molar-refractivity contribution >= 4 is 17.7 Å². The van der Waals surface area contributed by atoms with Crippen LogP contribution in [0, 0.1) is 12.3 Å². The first-order valence-corrected chi connectivity index (χ1v) is 10.1. The quantitative estimate of drug-likeness (QED) is 0.559. The van der Waals surface area contributed by atoms with Crippen LogP contribution < -0.4 is 5.32 Å². The number of benzene rings is 1. The van der Waals surface area contributed by atoms with Crippen LogP contribution >= 0.6 is 11.8 Å². The molecule has 3 rings (SSSR count). The molecule has 1 aromatic heterocycles. The van der Waals surface area contributed by atoms with Crippen LogP contribution in [0.1, 0.15) is 31.2 Å². The number of carbonyl (C=O) groups excluding carboxylic acids is 1. The van der Waals surface area contributed by atoms with Gasteiger partial charge in [-0.3, -0.25) is 9.69 Å². The summed E-state index contributed by atoms with van der Waals surface area (Å²) in [6.45, 7) is 5.78. The molecular weight excluding hydrogens is 358 g/mol. The highest BCUT2D eigenvalue weighted by Crippen LogP contribution is 2.24. The van der Waals surface area contributed by atoms with E-state index in [1.807, 2.05) is 25.1 Å². The Morgan fingerprint density at radius 3 is 2.70 bits per heavy atom. The van der Waals surface area contributed by atoms with Crippen molar-refractivity contribution in [3.63, 3.8) is 0 Å². The number of nitrogens with zero attached hydrogens (tertiary/aromatic N) is 4. The molecule has 27 heavy (non-hydrogen) atoms. The molecule has 2 heterocycles. The zero-order valence-electron chi connectivity index (χ0n) is 15.6. The van der Waals surface area contributed by atoms with Gasteiger partial charge in [0.2, 0.25) is 5.91 Å². The lowest BCUT2D eigenvalue weighted by atomic mass is 10.2. The number of likely N-dealkylation sites (tertiary alicyclic amines) is 1. The highest BCUT2D eigenvalue weighted by molar-refractivity contribution is 8.00. The number of carbonyl (C=O) groups is 1. The summed E-state index contributed by atoms with van der Waals surface area (Å²) < 4.78 is 2.13. The van der Waals surface area contributed by atoms with Gasteiger partial charge in [0.05, 0.1) is 24.9 Å². The van der Waals surface area contributed by atoms with Crippen LogP contribution in [0.5, 0.6) is 0 Å². The summed E-state index contributed by atoms with van der Waals surface area (Å²) >= 11 is 1.42. The van der Waals surface area contributed by atoms with E-state index < -0.39 is 0 Å². The molecule has 7 heteroatoms. The second-order valence-corrected chi connectivity index (χ2v) is 7.94. The molecule has 1 aromatic carbocycles. The van der Waals surface area contributed by atoms with E-state index in [1.165, 1.54) is 30.2 Å². The highest BCUT2D eigenvalue weighted by atomic mass is 32.2. The number of amides is 1. The Morgan fingerprint density at radius 1 is 1.26 bits per heavy atom. The van der Waals surface area contributed by atoms with Crippen LogP contribution in [0.25, 0.3) is 0 Å². The van der Waals surface area contributed by atoms with Crippen molar-refractivity contribution in [1.29, 1.82) is 0 Å². The Morgan fingerprint density at radius 2 is 2.00 bits per heavy atom. The molecule has 1 fully saturated rings. The van der Waals surface area contributed by atoms with E-state index in [1.54, 1.807) is 0 Å². The molecule has 0 radical (unpaired) electrons. The maximum atomic E-state index is 12.2. The van der Waals surface area contributed by atoms with Crippen molar-refractivity contribution in [1.82, 2.24) is 25.0 Å². The molecule has 1 amide bonds. The summed E-state index contributed by atoms with van der Waals surface area (Å²) in [6, 6.07) is 10.3. The van der Waals surface area contributed by atoms with E-state index in [4.69, 9.17) is 6.42 Å². The number of terminal acetylenes is 1. The Bertz CT molecular complexity index is 792. The van der Waals surface area contributed by atoms with Gasteiger partial charge in [0.1, 0.15) is 5.82 Å². The monoisotopic (exact) mass is 383 g/mol. The molecule has 2 aromatic rings. The Balaban J connectivity index is 1.78. The summed E-state index contributed by atoms with van der Waals surface area (Å²) in [5.41, 5.74) is 1.19. The third-order valence-electron chi connectivity index (χ3n) is 4.56. The van der Waals surface area contributed by atoms with Crippen LogP contribution in [-0.2, 0) is 17.9 Å². The van der Waals surface area contributed by atoms with Crippen LogP contribution in [0.4, 0.5) is 0 Å². The molecule has 1 aliphatic heterocycles. The first kappa shape index (κ1) is 19.5. The normalized spacial score (nSPS) is 15.4. The fourth-order valence-electron chi connectivity index (χ4n) is 3.08. The van der Waals surface area contributed by atoms with Crippen molar-refractivity contribution in [2.24, 2.45) is 0 Å². The van der Waals surface area contributed by atoms with Gasteiger partial charge in [-0.2, -0.15) is 0 Å². The summed E-state index contributed by atoms with van der Waals surface area (Å²) in [4.78, 5) is 14.6. The topological polar surface area (TPSA) is 63.1 Å². The minimum atomic E-state index is -0.295. The average molecular weight is 384 g/mol. The number of hydrogen-bond donors (Lipinski definition) is 1. The maximum Gasteiger partial charge on any atom is 0.234 e. The smallest absolute Gasteiger partial charge is 0.234 e. The van der Waals surface area contributed by atoms with Crippen LogP contribution in [0.2, 0.25) is 0 Å². The van der Waals surface area contributed by atoms with Gasteiger partial charge in [-0.1, -0.05) is 48.0 Å². The molecule has 1 N–H and O–H groups in total. The molecule has 1 saturated heterocycles. The van der Waals surface area contributed by atoms with Gasteiger partial charge in [-0.25, -0.2) is 0 Å². The predicted octanol–water partition coefficient (Wildman–Crippen LogP) is 2.15.